The lowest BCUT2D eigenvalue weighted by atomic mass is 9.81. The van der Waals surface area contributed by atoms with Gasteiger partial charge in [0.1, 0.15) is 23.5 Å². The Morgan fingerprint density at radius 1 is 1.33 bits per heavy atom. The van der Waals surface area contributed by atoms with Gasteiger partial charge in [-0.15, -0.1) is 0 Å². The van der Waals surface area contributed by atoms with Crippen molar-refractivity contribution in [2.75, 3.05) is 25.1 Å². The van der Waals surface area contributed by atoms with E-state index in [4.69, 9.17) is 4.74 Å². The zero-order chi connectivity index (χ0) is 20.7. The molecule has 3 aromatic rings. The maximum atomic E-state index is 13.2. The quantitative estimate of drug-likeness (QED) is 0.679. The number of piperidine rings is 1. The summed E-state index contributed by atoms with van der Waals surface area (Å²) in [6.45, 7) is 3.73. The minimum Gasteiger partial charge on any atom is -0.497 e. The van der Waals surface area contributed by atoms with Gasteiger partial charge in [0.05, 0.1) is 18.5 Å². The zero-order valence-corrected chi connectivity index (χ0v) is 17.4. The summed E-state index contributed by atoms with van der Waals surface area (Å²) in [4.78, 5) is 27.6. The van der Waals surface area contributed by atoms with Crippen LogP contribution in [-0.2, 0) is 4.79 Å². The van der Waals surface area contributed by atoms with E-state index in [1.54, 1.807) is 13.4 Å². The van der Waals surface area contributed by atoms with Crippen LogP contribution in [0.25, 0.3) is 11.0 Å². The number of aromatic amines is 1. The number of hydrogen-bond donors (Lipinski definition) is 2. The van der Waals surface area contributed by atoms with Crippen molar-refractivity contribution in [2.45, 2.75) is 32.2 Å². The Hall–Kier alpha value is -3.09. The Kier molecular flexibility index (Phi) is 4.60. The molecule has 2 atom stereocenters. The minimum atomic E-state index is -0.0530. The predicted molar refractivity (Wildman–Crippen MR) is 115 cm³/mol. The molecule has 1 aliphatic heterocycles. The van der Waals surface area contributed by atoms with Crippen LogP contribution >= 0.6 is 0 Å². The van der Waals surface area contributed by atoms with E-state index in [1.165, 1.54) is 0 Å². The molecule has 2 unspecified atom stereocenters. The van der Waals surface area contributed by atoms with Crippen molar-refractivity contribution in [3.05, 3.63) is 48.4 Å². The number of benzene rings is 1. The Labute approximate surface area is 175 Å². The molecule has 1 saturated carbocycles. The molecule has 156 valence electrons. The number of nitrogens with one attached hydrogen (secondary N) is 2. The van der Waals surface area contributed by atoms with Crippen molar-refractivity contribution in [3.63, 3.8) is 0 Å². The van der Waals surface area contributed by atoms with Gasteiger partial charge in [-0.25, -0.2) is 9.97 Å². The molecule has 5 rings (SSSR count). The summed E-state index contributed by atoms with van der Waals surface area (Å²) < 4.78 is 5.32. The number of ether oxygens (including phenoxy) is 1. The first-order valence-corrected chi connectivity index (χ1v) is 10.6. The molecule has 7 heteroatoms. The van der Waals surface area contributed by atoms with Gasteiger partial charge in [0.2, 0.25) is 5.91 Å². The molecule has 7 nitrogen and oxygen atoms in total. The van der Waals surface area contributed by atoms with Gasteiger partial charge in [0.15, 0.2) is 0 Å². The van der Waals surface area contributed by atoms with E-state index in [0.29, 0.717) is 0 Å². The first kappa shape index (κ1) is 18.9. The number of H-pyrrole nitrogens is 1. The SMILES string of the molecule is COc1cccc(C(C)NC(=O)C2CCN(c3ncnc4[nH]ccc34)CC23CC3)c1. The first-order valence-electron chi connectivity index (χ1n) is 10.6. The highest BCUT2D eigenvalue weighted by molar-refractivity contribution is 5.88. The van der Waals surface area contributed by atoms with Gasteiger partial charge in [0.25, 0.3) is 0 Å². The van der Waals surface area contributed by atoms with Crippen molar-refractivity contribution < 1.29 is 9.53 Å². The smallest absolute Gasteiger partial charge is 0.224 e. The predicted octanol–water partition coefficient (Wildman–Crippen LogP) is 3.45. The molecule has 1 amide bonds. The maximum Gasteiger partial charge on any atom is 0.224 e. The van der Waals surface area contributed by atoms with Crippen molar-refractivity contribution in [1.29, 1.82) is 0 Å². The number of fused-ring (bicyclic) bond motifs is 1. The highest BCUT2D eigenvalue weighted by atomic mass is 16.5. The number of carbonyl (C=O) groups is 1. The summed E-state index contributed by atoms with van der Waals surface area (Å²) in [6.07, 6.45) is 6.54. The number of rotatable bonds is 5. The third kappa shape index (κ3) is 3.28. The summed E-state index contributed by atoms with van der Waals surface area (Å²) in [5.74, 6) is 1.99. The number of aromatic nitrogens is 3. The number of carbonyl (C=O) groups excluding carboxylic acids is 1. The van der Waals surface area contributed by atoms with E-state index in [0.717, 1.165) is 60.5 Å². The largest absolute Gasteiger partial charge is 0.497 e. The fourth-order valence-corrected chi connectivity index (χ4v) is 4.84. The molecular weight excluding hydrogens is 378 g/mol. The van der Waals surface area contributed by atoms with Crippen LogP contribution < -0.4 is 15.0 Å². The summed E-state index contributed by atoms with van der Waals surface area (Å²) in [5, 5.41) is 4.29. The Morgan fingerprint density at radius 3 is 3.00 bits per heavy atom. The van der Waals surface area contributed by atoms with Gasteiger partial charge >= 0.3 is 0 Å². The number of amides is 1. The number of methoxy groups -OCH3 is 1. The van der Waals surface area contributed by atoms with Gasteiger partial charge in [-0.2, -0.15) is 0 Å². The van der Waals surface area contributed by atoms with Crippen molar-refractivity contribution in [2.24, 2.45) is 11.3 Å². The van der Waals surface area contributed by atoms with E-state index in [2.05, 4.69) is 25.2 Å². The number of anilines is 1. The monoisotopic (exact) mass is 405 g/mol. The van der Waals surface area contributed by atoms with E-state index in [1.807, 2.05) is 43.5 Å². The minimum absolute atomic E-state index is 0.0466. The average molecular weight is 406 g/mol. The van der Waals surface area contributed by atoms with Crippen LogP contribution in [0.3, 0.4) is 0 Å². The summed E-state index contributed by atoms with van der Waals surface area (Å²) in [7, 11) is 1.66. The lowest BCUT2D eigenvalue weighted by Crippen LogP contribution is -2.48. The second kappa shape index (κ2) is 7.31. The summed E-state index contributed by atoms with van der Waals surface area (Å²) >= 11 is 0. The Morgan fingerprint density at radius 2 is 2.20 bits per heavy atom. The van der Waals surface area contributed by atoms with Gasteiger partial charge in [-0.3, -0.25) is 4.79 Å². The summed E-state index contributed by atoms with van der Waals surface area (Å²) in [6, 6.07) is 9.86. The molecule has 2 aromatic heterocycles. The fraction of sp³-hybridized carbons (Fsp3) is 0.435. The normalized spacial score (nSPS) is 20.9. The number of hydrogen-bond acceptors (Lipinski definition) is 5. The van der Waals surface area contributed by atoms with Crippen molar-refractivity contribution in [1.82, 2.24) is 20.3 Å². The third-order valence-electron chi connectivity index (χ3n) is 6.73. The van der Waals surface area contributed by atoms with E-state index >= 15 is 0 Å². The van der Waals surface area contributed by atoms with Crippen molar-refractivity contribution >= 4 is 22.8 Å². The molecular formula is C23H27N5O2. The van der Waals surface area contributed by atoms with E-state index in [9.17, 15) is 4.79 Å². The molecule has 30 heavy (non-hydrogen) atoms. The van der Waals surface area contributed by atoms with Crippen LogP contribution in [0, 0.1) is 11.3 Å². The molecule has 1 saturated heterocycles. The molecule has 0 radical (unpaired) electrons. The fourth-order valence-electron chi connectivity index (χ4n) is 4.84. The van der Waals surface area contributed by atoms with Crippen LogP contribution in [0.1, 0.15) is 37.8 Å². The van der Waals surface area contributed by atoms with Gasteiger partial charge in [-0.1, -0.05) is 12.1 Å². The lowest BCUT2D eigenvalue weighted by molar-refractivity contribution is -0.128. The third-order valence-corrected chi connectivity index (χ3v) is 6.73. The van der Waals surface area contributed by atoms with Crippen LogP contribution in [-0.4, -0.2) is 41.1 Å². The van der Waals surface area contributed by atoms with Crippen LogP contribution in [0.15, 0.2) is 42.9 Å². The molecule has 3 heterocycles. The van der Waals surface area contributed by atoms with Gasteiger partial charge in [-0.05, 0) is 55.4 Å². The Balaban J connectivity index is 1.30. The van der Waals surface area contributed by atoms with Crippen LogP contribution in [0.4, 0.5) is 5.82 Å². The Bertz CT molecular complexity index is 1070. The lowest BCUT2D eigenvalue weighted by Gasteiger charge is -2.39. The molecule has 2 aliphatic rings. The molecule has 1 spiro atoms. The zero-order valence-electron chi connectivity index (χ0n) is 17.4. The second-order valence-electron chi connectivity index (χ2n) is 8.57. The highest BCUT2D eigenvalue weighted by Gasteiger charge is 2.55. The molecule has 1 aromatic carbocycles. The van der Waals surface area contributed by atoms with Gasteiger partial charge < -0.3 is 19.9 Å². The van der Waals surface area contributed by atoms with Gasteiger partial charge in [0, 0.05) is 25.2 Å². The first-order chi connectivity index (χ1) is 14.6. The maximum absolute atomic E-state index is 13.2. The molecule has 1 aliphatic carbocycles. The average Bonchev–Trinajstić information content (AvgIpc) is 3.34. The second-order valence-corrected chi connectivity index (χ2v) is 8.57. The van der Waals surface area contributed by atoms with E-state index < -0.39 is 0 Å². The van der Waals surface area contributed by atoms with E-state index in [-0.39, 0.29) is 23.3 Å². The number of nitrogens with zero attached hydrogens (tertiary/aromatic N) is 3. The molecule has 2 fully saturated rings. The van der Waals surface area contributed by atoms with Crippen molar-refractivity contribution in [3.8, 4) is 5.75 Å². The topological polar surface area (TPSA) is 83.1 Å². The van der Waals surface area contributed by atoms with Crippen LogP contribution in [0.2, 0.25) is 0 Å². The molecule has 2 N–H and O–H groups in total. The molecule has 0 bridgehead atoms. The standard InChI is InChI=1S/C23H27N5O2/c1-15(16-4-3-5-17(12-16)30-2)27-22(29)19-7-11-28(13-23(19)8-9-23)21-18-6-10-24-20(18)25-14-26-21/h3-6,10,12,14-15,19H,7-9,11,13H2,1-2H3,(H,27,29)(H,24,25,26). The van der Waals surface area contributed by atoms with Crippen LogP contribution in [0.5, 0.6) is 5.75 Å². The summed E-state index contributed by atoms with van der Waals surface area (Å²) in [5.41, 5.74) is 1.97. The highest BCUT2D eigenvalue weighted by Crippen LogP contribution is 2.56.